The van der Waals surface area contributed by atoms with E-state index in [1.54, 1.807) is 14.0 Å². The van der Waals surface area contributed by atoms with Crippen molar-refractivity contribution in [2.75, 3.05) is 27.4 Å². The van der Waals surface area contributed by atoms with E-state index >= 15 is 0 Å². The molecule has 2 heterocycles. The summed E-state index contributed by atoms with van der Waals surface area (Å²) in [4.78, 5) is 32.1. The Labute approximate surface area is 208 Å². The smallest absolute Gasteiger partial charge is 0.338 e. The molecule has 0 spiro atoms. The van der Waals surface area contributed by atoms with Crippen molar-refractivity contribution >= 4 is 28.8 Å². The summed E-state index contributed by atoms with van der Waals surface area (Å²) in [6.07, 6.45) is 0.139. The maximum absolute atomic E-state index is 12.9. The van der Waals surface area contributed by atoms with E-state index < -0.39 is 12.0 Å². The van der Waals surface area contributed by atoms with Gasteiger partial charge in [-0.2, -0.15) is 0 Å². The van der Waals surface area contributed by atoms with Crippen LogP contribution in [0.15, 0.2) is 82.0 Å². The molecule has 8 nitrogen and oxygen atoms in total. The predicted molar refractivity (Wildman–Crippen MR) is 135 cm³/mol. The first-order chi connectivity index (χ1) is 17.0. The van der Waals surface area contributed by atoms with E-state index in [9.17, 15) is 9.59 Å². The number of hydrogen-bond donors (Lipinski definition) is 1. The van der Waals surface area contributed by atoms with Crippen molar-refractivity contribution in [1.29, 1.82) is 0 Å². The molecule has 1 N–H and O–H groups in total. The fourth-order valence-corrected chi connectivity index (χ4v) is 4.91. The van der Waals surface area contributed by atoms with E-state index in [0.717, 1.165) is 11.3 Å². The minimum absolute atomic E-state index is 0.138. The van der Waals surface area contributed by atoms with Gasteiger partial charge in [-0.15, -0.1) is 0 Å². The molecule has 182 valence electrons. The van der Waals surface area contributed by atoms with E-state index in [2.05, 4.69) is 10.3 Å². The highest BCUT2D eigenvalue weighted by Gasteiger charge is 2.41. The SMILES string of the molecule is COCCNC(=O)CC1=CSC2=NC(C)=C(C(=O)OC)C(c3cccc(Oc4ccccc4)c3)N12. The zero-order valence-corrected chi connectivity index (χ0v) is 20.6. The normalized spacial score (nSPS) is 16.9. The summed E-state index contributed by atoms with van der Waals surface area (Å²) in [5.41, 5.74) is 2.56. The largest absolute Gasteiger partial charge is 0.466 e. The summed E-state index contributed by atoms with van der Waals surface area (Å²) in [6, 6.07) is 16.5. The Bertz CT molecular complexity index is 1190. The number of esters is 1. The topological polar surface area (TPSA) is 89.5 Å². The van der Waals surface area contributed by atoms with Crippen molar-refractivity contribution in [3.8, 4) is 11.5 Å². The van der Waals surface area contributed by atoms with E-state index in [1.807, 2.05) is 64.9 Å². The molecule has 4 rings (SSSR count). The lowest BCUT2D eigenvalue weighted by Gasteiger charge is -2.36. The predicted octanol–water partition coefficient (Wildman–Crippen LogP) is 4.38. The molecule has 0 bridgehead atoms. The molecule has 35 heavy (non-hydrogen) atoms. The molecule has 0 saturated heterocycles. The van der Waals surface area contributed by atoms with Crippen LogP contribution in [0.25, 0.3) is 0 Å². The Hall–Kier alpha value is -3.56. The molecule has 2 aromatic rings. The van der Waals surface area contributed by atoms with Crippen molar-refractivity contribution in [3.63, 3.8) is 0 Å². The Morgan fingerprint density at radius 3 is 2.60 bits per heavy atom. The van der Waals surface area contributed by atoms with E-state index in [1.165, 1.54) is 18.9 Å². The second-order valence-electron chi connectivity index (χ2n) is 7.89. The molecule has 0 fully saturated rings. The van der Waals surface area contributed by atoms with Crippen molar-refractivity contribution in [1.82, 2.24) is 10.2 Å². The number of benzene rings is 2. The molecule has 0 saturated carbocycles. The molecule has 1 unspecified atom stereocenters. The van der Waals surface area contributed by atoms with Gasteiger partial charge in [0.05, 0.1) is 37.4 Å². The third-order valence-electron chi connectivity index (χ3n) is 5.53. The van der Waals surface area contributed by atoms with Gasteiger partial charge in [-0.1, -0.05) is 42.1 Å². The van der Waals surface area contributed by atoms with Crippen LogP contribution in [0.5, 0.6) is 11.5 Å². The van der Waals surface area contributed by atoms with Crippen molar-refractivity contribution in [2.24, 2.45) is 4.99 Å². The lowest BCUT2D eigenvalue weighted by Crippen LogP contribution is -2.38. The Morgan fingerprint density at radius 2 is 1.86 bits per heavy atom. The van der Waals surface area contributed by atoms with Crippen molar-refractivity contribution in [3.05, 3.63) is 82.5 Å². The van der Waals surface area contributed by atoms with Crippen LogP contribution in [0.3, 0.4) is 0 Å². The van der Waals surface area contributed by atoms with Crippen LogP contribution >= 0.6 is 11.8 Å². The number of rotatable bonds is 9. The number of para-hydroxylation sites is 1. The van der Waals surface area contributed by atoms with Gasteiger partial charge in [-0.25, -0.2) is 9.79 Å². The highest BCUT2D eigenvalue weighted by Crippen LogP contribution is 2.45. The average Bonchev–Trinajstić information content (AvgIpc) is 3.25. The van der Waals surface area contributed by atoms with Gasteiger partial charge >= 0.3 is 5.97 Å². The quantitative estimate of drug-likeness (QED) is 0.410. The molecule has 0 radical (unpaired) electrons. The molecule has 2 aromatic carbocycles. The molecule has 1 amide bonds. The Balaban J connectivity index is 1.68. The number of allylic oxidation sites excluding steroid dienone is 1. The standard InChI is InChI=1S/C26H27N3O5S/c1-17-23(25(31)33-3)24(18-8-7-11-21(14-18)34-20-9-5-4-6-10-20)29-19(16-35-26(29)28-17)15-22(30)27-12-13-32-2/h4-11,14,16,24H,12-13,15H2,1-3H3,(H,27,30). The molecule has 2 aliphatic heterocycles. The number of amides is 1. The number of carbonyl (C=O) groups excluding carboxylic acids is 2. The van der Waals surface area contributed by atoms with Gasteiger partial charge in [0, 0.05) is 19.4 Å². The summed E-state index contributed by atoms with van der Waals surface area (Å²) in [5.74, 6) is 0.737. The number of nitrogens with one attached hydrogen (secondary N) is 1. The van der Waals surface area contributed by atoms with Crippen LogP contribution in [-0.4, -0.2) is 49.3 Å². The summed E-state index contributed by atoms with van der Waals surface area (Å²) in [6.45, 7) is 2.65. The van der Waals surface area contributed by atoms with Gasteiger partial charge in [-0.05, 0) is 42.2 Å². The van der Waals surface area contributed by atoms with Crippen LogP contribution in [0.2, 0.25) is 0 Å². The average molecular weight is 494 g/mol. The van der Waals surface area contributed by atoms with Crippen LogP contribution in [0.1, 0.15) is 24.9 Å². The fourth-order valence-electron chi connectivity index (χ4n) is 3.95. The lowest BCUT2D eigenvalue weighted by atomic mass is 9.93. The van der Waals surface area contributed by atoms with Crippen LogP contribution in [0.4, 0.5) is 0 Å². The summed E-state index contributed by atoms with van der Waals surface area (Å²) < 4.78 is 16.2. The molecule has 2 aliphatic rings. The van der Waals surface area contributed by atoms with Crippen molar-refractivity contribution in [2.45, 2.75) is 19.4 Å². The maximum atomic E-state index is 12.9. The third kappa shape index (κ3) is 5.58. The molecule has 0 aliphatic carbocycles. The number of thioether (sulfide) groups is 1. The van der Waals surface area contributed by atoms with Crippen LogP contribution < -0.4 is 10.1 Å². The van der Waals surface area contributed by atoms with E-state index in [-0.39, 0.29) is 12.3 Å². The first-order valence-electron chi connectivity index (χ1n) is 11.1. The zero-order chi connectivity index (χ0) is 24.8. The van der Waals surface area contributed by atoms with Gasteiger partial charge in [0.1, 0.15) is 11.5 Å². The molecular formula is C26H27N3O5S. The number of carbonyl (C=O) groups is 2. The fraction of sp³-hybridized carbons (Fsp3) is 0.269. The summed E-state index contributed by atoms with van der Waals surface area (Å²) >= 11 is 1.43. The number of nitrogens with zero attached hydrogens (tertiary/aromatic N) is 2. The van der Waals surface area contributed by atoms with Gasteiger partial charge in [-0.3, -0.25) is 4.79 Å². The number of fused-ring (bicyclic) bond motifs is 1. The Kier molecular flexibility index (Phi) is 7.89. The molecule has 1 atom stereocenters. The maximum Gasteiger partial charge on any atom is 0.338 e. The minimum Gasteiger partial charge on any atom is -0.466 e. The van der Waals surface area contributed by atoms with Crippen molar-refractivity contribution < 1.29 is 23.8 Å². The molecular weight excluding hydrogens is 466 g/mol. The highest BCUT2D eigenvalue weighted by atomic mass is 32.2. The molecule has 9 heteroatoms. The summed E-state index contributed by atoms with van der Waals surface area (Å²) in [5, 5.41) is 5.45. The van der Waals surface area contributed by atoms with Crippen LogP contribution in [-0.2, 0) is 19.1 Å². The van der Waals surface area contributed by atoms with Gasteiger partial charge in [0.2, 0.25) is 5.91 Å². The van der Waals surface area contributed by atoms with E-state index in [0.29, 0.717) is 41.1 Å². The number of aliphatic imine (C=N–C) groups is 1. The second-order valence-corrected chi connectivity index (χ2v) is 8.73. The first-order valence-corrected chi connectivity index (χ1v) is 12.0. The van der Waals surface area contributed by atoms with Gasteiger partial charge < -0.3 is 24.4 Å². The van der Waals surface area contributed by atoms with E-state index in [4.69, 9.17) is 14.2 Å². The van der Waals surface area contributed by atoms with Gasteiger partial charge in [0.25, 0.3) is 0 Å². The third-order valence-corrected chi connectivity index (χ3v) is 6.42. The summed E-state index contributed by atoms with van der Waals surface area (Å²) in [7, 11) is 2.94. The monoisotopic (exact) mass is 493 g/mol. The number of hydrogen-bond acceptors (Lipinski definition) is 8. The number of ether oxygens (including phenoxy) is 3. The lowest BCUT2D eigenvalue weighted by molar-refractivity contribution is -0.136. The number of amidine groups is 1. The first kappa shape index (κ1) is 24.6. The zero-order valence-electron chi connectivity index (χ0n) is 19.8. The van der Waals surface area contributed by atoms with Crippen LogP contribution in [0, 0.1) is 0 Å². The second kappa shape index (κ2) is 11.2. The highest BCUT2D eigenvalue weighted by molar-refractivity contribution is 8.16. The molecule has 0 aromatic heterocycles. The number of methoxy groups -OCH3 is 2. The Morgan fingerprint density at radius 1 is 1.09 bits per heavy atom. The minimum atomic E-state index is -0.526. The van der Waals surface area contributed by atoms with Gasteiger partial charge in [0.15, 0.2) is 5.17 Å².